The average Bonchev–Trinajstić information content (AvgIpc) is 2.94. The van der Waals surface area contributed by atoms with Crippen LogP contribution in [0.4, 0.5) is 5.69 Å². The number of amides is 2. The molecule has 10 heteroatoms. The highest BCUT2D eigenvalue weighted by Gasteiger charge is 2.25. The highest BCUT2D eigenvalue weighted by molar-refractivity contribution is 6.09. The molecule has 1 heterocycles. The summed E-state index contributed by atoms with van der Waals surface area (Å²) in [4.78, 5) is 39.5. The normalized spacial score (nSPS) is 11.8. The van der Waals surface area contributed by atoms with E-state index in [0.29, 0.717) is 48.3 Å². The molecule has 0 spiro atoms. The Morgan fingerprint density at radius 3 is 2.37 bits per heavy atom. The summed E-state index contributed by atoms with van der Waals surface area (Å²) in [5.41, 5.74) is 14.4. The second-order valence-electron chi connectivity index (χ2n) is 10.4. The summed E-state index contributed by atoms with van der Waals surface area (Å²) in [7, 11) is 7.72. The van der Waals surface area contributed by atoms with E-state index in [4.69, 9.17) is 15.9 Å². The van der Waals surface area contributed by atoms with Gasteiger partial charge in [-0.25, -0.2) is 9.37 Å². The van der Waals surface area contributed by atoms with Gasteiger partial charge in [-0.15, -0.1) is 0 Å². The quantitative estimate of drug-likeness (QED) is 0.133. The SMILES string of the molecule is CN(C)c1ccc2c(-c3ccc(C(=O)NC(CCCCN)C(N)=O)cc3C(=O)O)c3ccc(=[N+](C)C)cc-3oc2c1. The van der Waals surface area contributed by atoms with Crippen LogP contribution in [0.1, 0.15) is 40.0 Å². The Hall–Kier alpha value is -4.70. The molecule has 1 atom stereocenters. The van der Waals surface area contributed by atoms with Crippen molar-refractivity contribution in [2.24, 2.45) is 11.5 Å². The van der Waals surface area contributed by atoms with Gasteiger partial charge < -0.3 is 31.2 Å². The van der Waals surface area contributed by atoms with Crippen molar-refractivity contribution in [1.29, 1.82) is 0 Å². The fourth-order valence-electron chi connectivity index (χ4n) is 4.81. The number of rotatable bonds is 10. The summed E-state index contributed by atoms with van der Waals surface area (Å²) in [5, 5.41) is 14.6. The molecule has 6 N–H and O–H groups in total. The van der Waals surface area contributed by atoms with E-state index in [-0.39, 0.29) is 11.1 Å². The number of nitrogens with zero attached hydrogens (tertiary/aromatic N) is 2. The minimum absolute atomic E-state index is 0.0569. The van der Waals surface area contributed by atoms with E-state index < -0.39 is 23.8 Å². The second kappa shape index (κ2) is 12.2. The predicted octanol–water partition coefficient (Wildman–Crippen LogP) is 2.71. The van der Waals surface area contributed by atoms with Gasteiger partial charge in [-0.05, 0) is 61.7 Å². The van der Waals surface area contributed by atoms with Crippen LogP contribution in [0.15, 0.2) is 59.0 Å². The summed E-state index contributed by atoms with van der Waals surface area (Å²) in [5.74, 6) is -1.85. The molecule has 2 amide bonds. The molecule has 214 valence electrons. The van der Waals surface area contributed by atoms with Gasteiger partial charge >= 0.3 is 5.97 Å². The highest BCUT2D eigenvalue weighted by Crippen LogP contribution is 2.42. The minimum atomic E-state index is -1.19. The van der Waals surface area contributed by atoms with Gasteiger partial charge in [0.25, 0.3) is 5.91 Å². The van der Waals surface area contributed by atoms with Crippen LogP contribution in [0.2, 0.25) is 0 Å². The molecule has 0 saturated heterocycles. The molecule has 1 aliphatic heterocycles. The number of nitrogens with one attached hydrogen (secondary N) is 1. The van der Waals surface area contributed by atoms with Crippen molar-refractivity contribution < 1.29 is 23.9 Å². The molecule has 10 nitrogen and oxygen atoms in total. The molecule has 4 rings (SSSR count). The molecule has 0 fully saturated rings. The number of hydrogen-bond donors (Lipinski definition) is 4. The van der Waals surface area contributed by atoms with Crippen LogP contribution < -0.4 is 31.6 Å². The summed E-state index contributed by atoms with van der Waals surface area (Å²) in [6.07, 6.45) is 1.65. The number of hydrogen-bond acceptors (Lipinski definition) is 6. The lowest BCUT2D eigenvalue weighted by atomic mass is 9.89. The summed E-state index contributed by atoms with van der Waals surface area (Å²) in [6.45, 7) is 0.464. The predicted molar refractivity (Wildman–Crippen MR) is 160 cm³/mol. The van der Waals surface area contributed by atoms with E-state index in [1.807, 2.05) is 74.1 Å². The first-order valence-electron chi connectivity index (χ1n) is 13.4. The first kappa shape index (κ1) is 29.3. The molecular weight excluding hydrogens is 522 g/mol. The number of anilines is 1. The lowest BCUT2D eigenvalue weighted by molar-refractivity contribution is -0.120. The van der Waals surface area contributed by atoms with Crippen LogP contribution in [-0.2, 0) is 4.79 Å². The van der Waals surface area contributed by atoms with Gasteiger partial charge in [-0.1, -0.05) is 6.07 Å². The van der Waals surface area contributed by atoms with Crippen LogP contribution in [0.25, 0.3) is 33.4 Å². The van der Waals surface area contributed by atoms with Gasteiger partial charge in [0, 0.05) is 54.0 Å². The van der Waals surface area contributed by atoms with Crippen LogP contribution in [0.5, 0.6) is 0 Å². The third kappa shape index (κ3) is 6.22. The molecule has 1 unspecified atom stereocenters. The summed E-state index contributed by atoms with van der Waals surface area (Å²) >= 11 is 0. The van der Waals surface area contributed by atoms with E-state index in [1.165, 1.54) is 6.07 Å². The number of fused-ring (bicyclic) bond motifs is 2. The van der Waals surface area contributed by atoms with Crippen molar-refractivity contribution in [3.8, 4) is 22.5 Å². The smallest absolute Gasteiger partial charge is 0.336 e. The molecule has 41 heavy (non-hydrogen) atoms. The van der Waals surface area contributed by atoms with Crippen LogP contribution >= 0.6 is 0 Å². The Balaban J connectivity index is 1.89. The zero-order valence-electron chi connectivity index (χ0n) is 23.7. The summed E-state index contributed by atoms with van der Waals surface area (Å²) < 4.78 is 8.30. The van der Waals surface area contributed by atoms with E-state index in [2.05, 4.69) is 5.32 Å². The molecule has 2 aromatic carbocycles. The number of aromatic carboxylic acids is 1. The largest absolute Gasteiger partial charge is 0.478 e. The average molecular weight is 559 g/mol. The zero-order valence-corrected chi connectivity index (χ0v) is 23.7. The maximum atomic E-state index is 13.1. The topological polar surface area (TPSA) is 155 Å². The third-order valence-corrected chi connectivity index (χ3v) is 7.10. The lowest BCUT2D eigenvalue weighted by Gasteiger charge is -2.19. The van der Waals surface area contributed by atoms with Crippen molar-refractivity contribution >= 4 is 34.4 Å². The number of carboxylic acids is 1. The van der Waals surface area contributed by atoms with Gasteiger partial charge in [0.05, 0.1) is 11.6 Å². The van der Waals surface area contributed by atoms with Crippen molar-refractivity contribution in [3.63, 3.8) is 0 Å². The molecule has 2 aromatic rings. The second-order valence-corrected chi connectivity index (χ2v) is 10.4. The van der Waals surface area contributed by atoms with E-state index >= 15 is 0 Å². The molecule has 0 aromatic heterocycles. The van der Waals surface area contributed by atoms with Gasteiger partial charge in [0.15, 0.2) is 0 Å². The fourth-order valence-corrected chi connectivity index (χ4v) is 4.81. The number of benzene rings is 3. The first-order chi connectivity index (χ1) is 19.5. The van der Waals surface area contributed by atoms with Crippen molar-refractivity contribution in [2.45, 2.75) is 25.3 Å². The number of carboxylic acid groups (broad SMARTS) is 1. The van der Waals surface area contributed by atoms with Gasteiger partial charge in [-0.3, -0.25) is 9.59 Å². The van der Waals surface area contributed by atoms with Gasteiger partial charge in [0.1, 0.15) is 31.5 Å². The number of nitrogens with two attached hydrogens (primary N) is 2. The van der Waals surface area contributed by atoms with Crippen LogP contribution in [0, 0.1) is 0 Å². The first-order valence-corrected chi connectivity index (χ1v) is 13.4. The van der Waals surface area contributed by atoms with Crippen molar-refractivity contribution in [2.75, 3.05) is 39.6 Å². The van der Waals surface area contributed by atoms with E-state index in [1.54, 1.807) is 12.1 Å². The number of unbranched alkanes of at least 4 members (excludes halogenated alkanes) is 1. The standard InChI is InChI=1S/C31H35N5O5/c1-35(2)19-9-12-22-26(16-19)41-27-17-20(36(3)4)10-13-23(27)28(22)21-11-8-18(15-24(21)31(39)40)30(38)34-25(29(33)37)7-5-6-14-32/h8-13,15-17,25H,5-7,14,32H2,1-4H3,(H3-,33,34,37,38,39,40)/p+1. The monoisotopic (exact) mass is 558 g/mol. The van der Waals surface area contributed by atoms with E-state index in [0.717, 1.165) is 22.0 Å². The third-order valence-electron chi connectivity index (χ3n) is 7.10. The zero-order chi connectivity index (χ0) is 29.8. The van der Waals surface area contributed by atoms with Crippen LogP contribution in [0.3, 0.4) is 0 Å². The maximum absolute atomic E-state index is 13.1. The van der Waals surface area contributed by atoms with Gasteiger partial charge in [-0.2, -0.15) is 0 Å². The van der Waals surface area contributed by atoms with E-state index in [9.17, 15) is 19.5 Å². The van der Waals surface area contributed by atoms with Crippen molar-refractivity contribution in [3.05, 3.63) is 71.1 Å². The van der Waals surface area contributed by atoms with Crippen LogP contribution in [-0.4, -0.2) is 63.7 Å². The Labute approximate surface area is 238 Å². The molecule has 0 bridgehead atoms. The molecule has 2 aliphatic rings. The number of carbonyl (C=O) groups excluding carboxylic acids is 2. The fraction of sp³-hybridized carbons (Fsp3) is 0.290. The molecule has 0 saturated carbocycles. The highest BCUT2D eigenvalue weighted by atomic mass is 16.4. The molecule has 1 aliphatic carbocycles. The Bertz CT molecular complexity index is 1670. The van der Waals surface area contributed by atoms with Gasteiger partial charge in [0.2, 0.25) is 11.3 Å². The Morgan fingerprint density at radius 1 is 1.00 bits per heavy atom. The number of primary amides is 1. The maximum Gasteiger partial charge on any atom is 0.336 e. The Morgan fingerprint density at radius 2 is 1.73 bits per heavy atom. The number of carbonyl (C=O) groups is 3. The molecule has 0 radical (unpaired) electrons. The minimum Gasteiger partial charge on any atom is -0.478 e. The lowest BCUT2D eigenvalue weighted by Crippen LogP contribution is -2.44. The molecular formula is C31H36N5O5+. The van der Waals surface area contributed by atoms with Crippen molar-refractivity contribution in [1.82, 2.24) is 9.89 Å². The Kier molecular flexibility index (Phi) is 8.73. The summed E-state index contributed by atoms with van der Waals surface area (Å²) in [6, 6.07) is 15.2.